The standard InChI is InChI=1S/C14H26N2O2Si/c1-12(15)16-11-14(19(4,17-2)18-3)10-13-8-6-5-7-9-13/h5-9,12,14,16H,10-11,15H2,1-4H3. The molecule has 1 rings (SSSR count). The fraction of sp³-hybridized carbons (Fsp3) is 0.571. The zero-order valence-corrected chi connectivity index (χ0v) is 13.3. The molecule has 108 valence electrons. The third-order valence-corrected chi connectivity index (χ3v) is 7.08. The molecule has 0 amide bonds. The number of nitrogens with one attached hydrogen (secondary N) is 1. The van der Waals surface area contributed by atoms with Crippen LogP contribution in [0.2, 0.25) is 12.1 Å². The quantitative estimate of drug-likeness (QED) is 0.564. The van der Waals surface area contributed by atoms with Crippen LogP contribution in [0.5, 0.6) is 0 Å². The molecule has 4 nitrogen and oxygen atoms in total. The van der Waals surface area contributed by atoms with E-state index in [1.807, 2.05) is 13.0 Å². The normalized spacial score (nSPS) is 15.2. The molecule has 1 aromatic rings. The lowest BCUT2D eigenvalue weighted by atomic mass is 10.1. The second-order valence-electron chi connectivity index (χ2n) is 5.01. The van der Waals surface area contributed by atoms with Crippen molar-refractivity contribution in [2.75, 3.05) is 20.8 Å². The smallest absolute Gasteiger partial charge is 0.339 e. The lowest BCUT2D eigenvalue weighted by Crippen LogP contribution is -2.48. The summed E-state index contributed by atoms with van der Waals surface area (Å²) in [5.74, 6) is 0. The molecule has 5 heteroatoms. The van der Waals surface area contributed by atoms with Crippen LogP contribution in [0.4, 0.5) is 0 Å². The maximum atomic E-state index is 5.78. The Morgan fingerprint density at radius 1 is 1.21 bits per heavy atom. The van der Waals surface area contributed by atoms with Gasteiger partial charge in [-0.15, -0.1) is 0 Å². The minimum absolute atomic E-state index is 0.0229. The van der Waals surface area contributed by atoms with Gasteiger partial charge in [0.2, 0.25) is 0 Å². The van der Waals surface area contributed by atoms with Crippen molar-refractivity contribution in [3.05, 3.63) is 35.9 Å². The second kappa shape index (κ2) is 7.77. The molecule has 0 radical (unpaired) electrons. The third kappa shape index (κ3) is 5.04. The van der Waals surface area contributed by atoms with Gasteiger partial charge in [-0.1, -0.05) is 30.3 Å². The lowest BCUT2D eigenvalue weighted by molar-refractivity contribution is 0.233. The average Bonchev–Trinajstić information content (AvgIpc) is 2.43. The third-order valence-electron chi connectivity index (χ3n) is 3.56. The molecule has 2 atom stereocenters. The van der Waals surface area contributed by atoms with E-state index in [1.165, 1.54) is 5.56 Å². The number of hydrogen-bond acceptors (Lipinski definition) is 4. The van der Waals surface area contributed by atoms with Gasteiger partial charge >= 0.3 is 8.56 Å². The van der Waals surface area contributed by atoms with Gasteiger partial charge in [-0.2, -0.15) is 0 Å². The van der Waals surface area contributed by atoms with Crippen molar-refractivity contribution < 1.29 is 8.85 Å². The first kappa shape index (κ1) is 16.3. The van der Waals surface area contributed by atoms with Crippen LogP contribution in [0, 0.1) is 0 Å². The van der Waals surface area contributed by atoms with Gasteiger partial charge in [-0.25, -0.2) is 0 Å². The summed E-state index contributed by atoms with van der Waals surface area (Å²) in [6, 6.07) is 10.4. The van der Waals surface area contributed by atoms with Gasteiger partial charge in [0.1, 0.15) is 0 Å². The van der Waals surface area contributed by atoms with Crippen LogP contribution >= 0.6 is 0 Å². The minimum Gasteiger partial charge on any atom is -0.398 e. The molecule has 0 aliphatic rings. The summed E-state index contributed by atoms with van der Waals surface area (Å²) in [6.07, 6.45) is 0.913. The van der Waals surface area contributed by atoms with Crippen molar-refractivity contribution in [3.8, 4) is 0 Å². The van der Waals surface area contributed by atoms with E-state index in [1.54, 1.807) is 14.2 Å². The first-order chi connectivity index (χ1) is 9.01. The Balaban J connectivity index is 2.79. The SMILES string of the molecule is CO[Si](C)(OC)C(CNC(C)N)Cc1ccccc1. The van der Waals surface area contributed by atoms with Crippen LogP contribution in [0.3, 0.4) is 0 Å². The maximum absolute atomic E-state index is 5.78. The van der Waals surface area contributed by atoms with Gasteiger partial charge in [0, 0.05) is 26.3 Å². The fourth-order valence-electron chi connectivity index (χ4n) is 2.09. The molecular weight excluding hydrogens is 256 g/mol. The Hall–Kier alpha value is -0.723. The van der Waals surface area contributed by atoms with Crippen LogP contribution in [0.15, 0.2) is 30.3 Å². The van der Waals surface area contributed by atoms with Crippen LogP contribution in [0.25, 0.3) is 0 Å². The molecule has 0 saturated carbocycles. The predicted octanol–water partition coefficient (Wildman–Crippen LogP) is 1.86. The molecular formula is C14H26N2O2Si. The zero-order chi connectivity index (χ0) is 14.3. The predicted molar refractivity (Wildman–Crippen MR) is 81.2 cm³/mol. The summed E-state index contributed by atoms with van der Waals surface area (Å²) in [6.45, 7) is 4.85. The van der Waals surface area contributed by atoms with Crippen molar-refractivity contribution in [1.29, 1.82) is 0 Å². The van der Waals surface area contributed by atoms with Crippen molar-refractivity contribution in [1.82, 2.24) is 5.32 Å². The van der Waals surface area contributed by atoms with E-state index in [9.17, 15) is 0 Å². The minimum atomic E-state index is -2.19. The Kier molecular flexibility index (Phi) is 6.68. The second-order valence-corrected chi connectivity index (χ2v) is 8.67. The molecule has 0 spiro atoms. The van der Waals surface area contributed by atoms with Gasteiger partial charge in [-0.05, 0) is 25.5 Å². The maximum Gasteiger partial charge on any atom is 0.339 e. The first-order valence-electron chi connectivity index (χ1n) is 6.65. The summed E-state index contributed by atoms with van der Waals surface area (Å²) < 4.78 is 11.4. The number of rotatable bonds is 8. The summed E-state index contributed by atoms with van der Waals surface area (Å²) >= 11 is 0. The Labute approximate surface area is 117 Å². The Bertz CT molecular complexity index is 356. The van der Waals surface area contributed by atoms with Gasteiger partial charge in [-0.3, -0.25) is 0 Å². The van der Waals surface area contributed by atoms with Crippen LogP contribution in [-0.4, -0.2) is 35.5 Å². The highest BCUT2D eigenvalue weighted by Gasteiger charge is 2.39. The lowest BCUT2D eigenvalue weighted by Gasteiger charge is -2.32. The molecule has 0 bridgehead atoms. The fourth-order valence-corrected chi connectivity index (χ4v) is 4.01. The largest absolute Gasteiger partial charge is 0.398 e. The Morgan fingerprint density at radius 3 is 2.26 bits per heavy atom. The number of nitrogens with two attached hydrogens (primary N) is 1. The first-order valence-corrected chi connectivity index (χ1v) is 9.04. The van der Waals surface area contributed by atoms with Gasteiger partial charge in [0.05, 0.1) is 6.17 Å². The van der Waals surface area contributed by atoms with Gasteiger partial charge in [0.15, 0.2) is 0 Å². The van der Waals surface area contributed by atoms with Gasteiger partial charge < -0.3 is 19.9 Å². The molecule has 0 heterocycles. The van der Waals surface area contributed by atoms with Crippen molar-refractivity contribution in [2.24, 2.45) is 5.73 Å². The van der Waals surface area contributed by atoms with Crippen molar-refractivity contribution in [2.45, 2.75) is 31.6 Å². The van der Waals surface area contributed by atoms with Gasteiger partial charge in [0.25, 0.3) is 0 Å². The topological polar surface area (TPSA) is 56.5 Å². The monoisotopic (exact) mass is 282 g/mol. The van der Waals surface area contributed by atoms with E-state index < -0.39 is 8.56 Å². The molecule has 0 saturated heterocycles. The average molecular weight is 282 g/mol. The van der Waals surface area contributed by atoms with Crippen molar-refractivity contribution in [3.63, 3.8) is 0 Å². The van der Waals surface area contributed by atoms with Crippen LogP contribution < -0.4 is 11.1 Å². The van der Waals surface area contributed by atoms with E-state index in [-0.39, 0.29) is 6.17 Å². The molecule has 1 aromatic carbocycles. The summed E-state index contributed by atoms with van der Waals surface area (Å²) in [4.78, 5) is 0. The van der Waals surface area contributed by atoms with E-state index in [4.69, 9.17) is 14.6 Å². The highest BCUT2D eigenvalue weighted by molar-refractivity contribution is 6.67. The van der Waals surface area contributed by atoms with E-state index in [0.29, 0.717) is 5.54 Å². The molecule has 0 aromatic heterocycles. The molecule has 19 heavy (non-hydrogen) atoms. The van der Waals surface area contributed by atoms with E-state index >= 15 is 0 Å². The van der Waals surface area contributed by atoms with Crippen LogP contribution in [-0.2, 0) is 15.3 Å². The molecule has 0 aliphatic carbocycles. The highest BCUT2D eigenvalue weighted by atomic mass is 28.4. The van der Waals surface area contributed by atoms with E-state index in [0.717, 1.165) is 13.0 Å². The Morgan fingerprint density at radius 2 is 1.79 bits per heavy atom. The summed E-state index contributed by atoms with van der Waals surface area (Å²) in [5.41, 5.74) is 7.40. The molecule has 0 fully saturated rings. The van der Waals surface area contributed by atoms with E-state index in [2.05, 4.69) is 36.1 Å². The zero-order valence-electron chi connectivity index (χ0n) is 12.3. The summed E-state index contributed by atoms with van der Waals surface area (Å²) in [5, 5.41) is 3.29. The summed E-state index contributed by atoms with van der Waals surface area (Å²) in [7, 11) is 1.28. The molecule has 2 unspecified atom stereocenters. The number of benzene rings is 1. The highest BCUT2D eigenvalue weighted by Crippen LogP contribution is 2.27. The van der Waals surface area contributed by atoms with Crippen molar-refractivity contribution >= 4 is 8.56 Å². The molecule has 0 aliphatic heterocycles. The molecule has 3 N–H and O–H groups in total. The number of hydrogen-bond donors (Lipinski definition) is 2. The van der Waals surface area contributed by atoms with Crippen LogP contribution in [0.1, 0.15) is 12.5 Å².